The molecule has 0 saturated carbocycles. The van der Waals surface area contributed by atoms with E-state index in [4.69, 9.17) is 9.84 Å². The van der Waals surface area contributed by atoms with Gasteiger partial charge in [0.05, 0.1) is 18.8 Å². The van der Waals surface area contributed by atoms with Gasteiger partial charge in [0.15, 0.2) is 6.10 Å². The Balaban J connectivity index is 1.88. The Bertz CT molecular complexity index is 737. The summed E-state index contributed by atoms with van der Waals surface area (Å²) >= 11 is 0. The molecule has 128 valence electrons. The Morgan fingerprint density at radius 3 is 2.92 bits per heavy atom. The lowest BCUT2D eigenvalue weighted by atomic mass is 9.95. The molecule has 3 N–H and O–H groups in total. The molecular formula is C15H16FN3O5. The third-order valence-corrected chi connectivity index (χ3v) is 4.00. The maximum Gasteiger partial charge on any atom is 0.332 e. The van der Waals surface area contributed by atoms with Crippen LogP contribution >= 0.6 is 0 Å². The van der Waals surface area contributed by atoms with Crippen LogP contribution in [0.25, 0.3) is 11.3 Å². The molecule has 0 radical (unpaired) electrons. The molecule has 1 aliphatic rings. The van der Waals surface area contributed by atoms with E-state index in [-0.39, 0.29) is 6.42 Å². The molecule has 0 amide bonds. The third kappa shape index (κ3) is 3.14. The number of aliphatic carboxylic acids is 1. The molecule has 1 aromatic carbocycles. The van der Waals surface area contributed by atoms with Crippen molar-refractivity contribution in [3.63, 3.8) is 0 Å². The van der Waals surface area contributed by atoms with Crippen LogP contribution in [0.1, 0.15) is 12.5 Å². The second kappa shape index (κ2) is 6.63. The van der Waals surface area contributed by atoms with E-state index in [9.17, 15) is 19.4 Å². The first-order chi connectivity index (χ1) is 11.5. The summed E-state index contributed by atoms with van der Waals surface area (Å²) in [6, 6.07) is 5.07. The highest BCUT2D eigenvalue weighted by molar-refractivity contribution is 5.72. The summed E-state index contributed by atoms with van der Waals surface area (Å²) < 4.78 is 19.8. The summed E-state index contributed by atoms with van der Waals surface area (Å²) in [6.07, 6.45) is -1.88. The standard InChI is InChI=1S/C15H16FN3O5/c16-9-3-1-2-8(4-9)10-6-19(18-17-10)11-5-12(15(22)23)24-13(7-20)14(11)21/h1-4,6,11-14,20-21H,5,7H2,(H,22,23). The first-order valence-corrected chi connectivity index (χ1v) is 7.34. The summed E-state index contributed by atoms with van der Waals surface area (Å²) in [5, 5.41) is 36.5. The van der Waals surface area contributed by atoms with Crippen LogP contribution in [0.15, 0.2) is 30.5 Å². The van der Waals surface area contributed by atoms with E-state index in [1.807, 2.05) is 0 Å². The Hall–Kier alpha value is -2.36. The van der Waals surface area contributed by atoms with E-state index in [2.05, 4.69) is 10.3 Å². The van der Waals surface area contributed by atoms with Crippen LogP contribution in [0.3, 0.4) is 0 Å². The normalized spacial score (nSPS) is 27.1. The van der Waals surface area contributed by atoms with Gasteiger partial charge in [-0.15, -0.1) is 5.10 Å². The molecule has 0 spiro atoms. The van der Waals surface area contributed by atoms with Crippen LogP contribution in [-0.2, 0) is 9.53 Å². The average Bonchev–Trinajstić information content (AvgIpc) is 3.04. The molecule has 24 heavy (non-hydrogen) atoms. The van der Waals surface area contributed by atoms with Crippen molar-refractivity contribution >= 4 is 5.97 Å². The van der Waals surface area contributed by atoms with Gasteiger partial charge < -0.3 is 20.1 Å². The maximum atomic E-state index is 13.3. The lowest BCUT2D eigenvalue weighted by Crippen LogP contribution is -2.50. The minimum atomic E-state index is -1.18. The Morgan fingerprint density at radius 2 is 2.25 bits per heavy atom. The number of rotatable bonds is 4. The van der Waals surface area contributed by atoms with Gasteiger partial charge in [0.1, 0.15) is 23.7 Å². The number of carbonyl (C=O) groups is 1. The van der Waals surface area contributed by atoms with Gasteiger partial charge in [-0.2, -0.15) is 0 Å². The first-order valence-electron chi connectivity index (χ1n) is 7.34. The summed E-state index contributed by atoms with van der Waals surface area (Å²) in [4.78, 5) is 11.2. The molecule has 0 aliphatic carbocycles. The van der Waals surface area contributed by atoms with Gasteiger partial charge in [-0.1, -0.05) is 17.3 Å². The zero-order valence-electron chi connectivity index (χ0n) is 12.5. The number of hydrogen-bond acceptors (Lipinski definition) is 6. The van der Waals surface area contributed by atoms with Crippen molar-refractivity contribution in [2.75, 3.05) is 6.61 Å². The monoisotopic (exact) mass is 337 g/mol. The fourth-order valence-corrected chi connectivity index (χ4v) is 2.75. The van der Waals surface area contributed by atoms with Gasteiger partial charge in [-0.3, -0.25) is 0 Å². The minimum absolute atomic E-state index is 0.0288. The number of aromatic nitrogens is 3. The molecule has 0 bridgehead atoms. The van der Waals surface area contributed by atoms with E-state index in [0.29, 0.717) is 11.3 Å². The Kier molecular flexibility index (Phi) is 4.56. The van der Waals surface area contributed by atoms with Gasteiger partial charge in [0.25, 0.3) is 0 Å². The molecule has 9 heteroatoms. The highest BCUT2D eigenvalue weighted by Crippen LogP contribution is 2.30. The molecule has 3 rings (SSSR count). The minimum Gasteiger partial charge on any atom is -0.479 e. The van der Waals surface area contributed by atoms with Gasteiger partial charge in [0.2, 0.25) is 0 Å². The highest BCUT2D eigenvalue weighted by Gasteiger charge is 2.41. The Morgan fingerprint density at radius 1 is 1.46 bits per heavy atom. The lowest BCUT2D eigenvalue weighted by Gasteiger charge is -2.36. The van der Waals surface area contributed by atoms with Gasteiger partial charge in [-0.05, 0) is 12.1 Å². The van der Waals surface area contributed by atoms with Crippen molar-refractivity contribution in [2.24, 2.45) is 0 Å². The van der Waals surface area contributed by atoms with Crippen molar-refractivity contribution in [1.29, 1.82) is 0 Å². The average molecular weight is 337 g/mol. The predicted molar refractivity (Wildman–Crippen MR) is 78.5 cm³/mol. The maximum absolute atomic E-state index is 13.3. The van der Waals surface area contributed by atoms with Gasteiger partial charge in [-0.25, -0.2) is 13.9 Å². The van der Waals surface area contributed by atoms with Crippen LogP contribution in [0.2, 0.25) is 0 Å². The summed E-state index contributed by atoms with van der Waals surface area (Å²) in [5.41, 5.74) is 0.900. The van der Waals surface area contributed by atoms with E-state index >= 15 is 0 Å². The number of carboxylic acids is 1. The fourth-order valence-electron chi connectivity index (χ4n) is 2.75. The van der Waals surface area contributed by atoms with E-state index in [1.54, 1.807) is 6.07 Å². The second-order valence-corrected chi connectivity index (χ2v) is 5.57. The van der Waals surface area contributed by atoms with Gasteiger partial charge >= 0.3 is 5.97 Å². The molecule has 1 aromatic heterocycles. The zero-order valence-corrected chi connectivity index (χ0v) is 12.5. The number of hydrogen-bond donors (Lipinski definition) is 3. The smallest absolute Gasteiger partial charge is 0.332 e. The second-order valence-electron chi connectivity index (χ2n) is 5.57. The summed E-state index contributed by atoms with van der Waals surface area (Å²) in [5.74, 6) is -1.60. The summed E-state index contributed by atoms with van der Waals surface area (Å²) in [6.45, 7) is -0.521. The molecule has 4 atom stereocenters. The predicted octanol–water partition coefficient (Wildman–Crippen LogP) is 0.221. The van der Waals surface area contributed by atoms with E-state index < -0.39 is 42.7 Å². The zero-order chi connectivity index (χ0) is 17.3. The number of benzene rings is 1. The van der Waals surface area contributed by atoms with Crippen LogP contribution in [-0.4, -0.2) is 61.2 Å². The third-order valence-electron chi connectivity index (χ3n) is 4.00. The van der Waals surface area contributed by atoms with E-state index in [1.165, 1.54) is 29.1 Å². The Labute approximate surface area is 136 Å². The van der Waals surface area contributed by atoms with Crippen molar-refractivity contribution < 1.29 is 29.2 Å². The van der Waals surface area contributed by atoms with Crippen LogP contribution in [0.4, 0.5) is 4.39 Å². The lowest BCUT2D eigenvalue weighted by molar-refractivity contribution is -0.183. The molecule has 1 aliphatic heterocycles. The quantitative estimate of drug-likeness (QED) is 0.730. The van der Waals surface area contributed by atoms with Gasteiger partial charge in [0, 0.05) is 12.0 Å². The van der Waals surface area contributed by atoms with Crippen LogP contribution in [0.5, 0.6) is 0 Å². The van der Waals surface area contributed by atoms with Crippen LogP contribution < -0.4 is 0 Å². The molecule has 8 nitrogen and oxygen atoms in total. The number of aliphatic hydroxyl groups is 2. The number of aliphatic hydroxyl groups excluding tert-OH is 2. The van der Waals surface area contributed by atoms with Crippen LogP contribution in [0, 0.1) is 5.82 Å². The summed E-state index contributed by atoms with van der Waals surface area (Å²) in [7, 11) is 0. The molecular weight excluding hydrogens is 321 g/mol. The number of carboxylic acid groups (broad SMARTS) is 1. The molecule has 4 unspecified atom stereocenters. The molecule has 1 saturated heterocycles. The van der Waals surface area contributed by atoms with Crippen molar-refractivity contribution in [3.8, 4) is 11.3 Å². The topological polar surface area (TPSA) is 118 Å². The fraction of sp³-hybridized carbons (Fsp3) is 0.400. The first kappa shape index (κ1) is 16.5. The van der Waals surface area contributed by atoms with Crippen molar-refractivity contribution in [2.45, 2.75) is 30.8 Å². The van der Waals surface area contributed by atoms with Crippen molar-refractivity contribution in [1.82, 2.24) is 15.0 Å². The highest BCUT2D eigenvalue weighted by atomic mass is 19.1. The SMILES string of the molecule is O=C(O)C1CC(n2cc(-c3cccc(F)c3)nn2)C(O)C(CO)O1. The number of halogens is 1. The number of ether oxygens (including phenoxy) is 1. The van der Waals surface area contributed by atoms with Crippen molar-refractivity contribution in [3.05, 3.63) is 36.3 Å². The van der Waals surface area contributed by atoms with E-state index in [0.717, 1.165) is 0 Å². The number of nitrogens with zero attached hydrogens (tertiary/aromatic N) is 3. The molecule has 1 fully saturated rings. The largest absolute Gasteiger partial charge is 0.479 e. The molecule has 2 aromatic rings. The molecule has 2 heterocycles.